The number of benzene rings is 2. The van der Waals surface area contributed by atoms with Gasteiger partial charge in [0.15, 0.2) is 6.10 Å². The summed E-state index contributed by atoms with van der Waals surface area (Å²) in [5, 5.41) is 0. The lowest BCUT2D eigenvalue weighted by molar-refractivity contribution is -0.131. The standard InChI is InChI=1S/C18H16BrFN2O3/c1-12(25-16-9-7-15(20)8-10-16)18(24)22-21-17(23)11-4-13-2-5-14(19)6-3-13/h2-12H,1H3,(H,21,23)(H,22,24)/b11-4+. The topological polar surface area (TPSA) is 67.4 Å². The molecule has 0 bridgehead atoms. The third kappa shape index (κ3) is 6.39. The Labute approximate surface area is 153 Å². The number of hydrogen-bond donors (Lipinski definition) is 2. The Morgan fingerprint density at radius 1 is 1.08 bits per heavy atom. The average Bonchev–Trinajstić information content (AvgIpc) is 2.61. The molecule has 0 saturated carbocycles. The van der Waals surface area contributed by atoms with E-state index in [1.165, 1.54) is 37.3 Å². The van der Waals surface area contributed by atoms with Crippen LogP contribution in [-0.2, 0) is 9.59 Å². The van der Waals surface area contributed by atoms with Crippen LogP contribution in [0.5, 0.6) is 5.75 Å². The van der Waals surface area contributed by atoms with E-state index in [2.05, 4.69) is 26.8 Å². The SMILES string of the molecule is CC(Oc1ccc(F)cc1)C(=O)NNC(=O)/C=C/c1ccc(Br)cc1. The van der Waals surface area contributed by atoms with Gasteiger partial charge in [0.2, 0.25) is 0 Å². The fourth-order valence-corrected chi connectivity index (χ4v) is 2.05. The Morgan fingerprint density at radius 2 is 1.72 bits per heavy atom. The molecule has 7 heteroatoms. The number of rotatable bonds is 5. The van der Waals surface area contributed by atoms with Gasteiger partial charge in [-0.25, -0.2) is 4.39 Å². The molecule has 0 aliphatic rings. The summed E-state index contributed by atoms with van der Waals surface area (Å²) >= 11 is 3.33. The van der Waals surface area contributed by atoms with Crippen LogP contribution < -0.4 is 15.6 Å². The second kappa shape index (κ2) is 8.98. The summed E-state index contributed by atoms with van der Waals surface area (Å²) in [5.41, 5.74) is 5.37. The van der Waals surface area contributed by atoms with Crippen molar-refractivity contribution in [2.24, 2.45) is 0 Å². The molecule has 0 aliphatic carbocycles. The molecule has 2 amide bonds. The fourth-order valence-electron chi connectivity index (χ4n) is 1.78. The van der Waals surface area contributed by atoms with Crippen molar-refractivity contribution in [3.8, 4) is 5.75 Å². The molecule has 0 aliphatic heterocycles. The Kier molecular flexibility index (Phi) is 6.71. The van der Waals surface area contributed by atoms with Crippen molar-refractivity contribution in [3.63, 3.8) is 0 Å². The molecule has 2 rings (SSSR count). The smallest absolute Gasteiger partial charge is 0.279 e. The van der Waals surface area contributed by atoms with E-state index in [1.54, 1.807) is 6.08 Å². The van der Waals surface area contributed by atoms with Gasteiger partial charge in [0.05, 0.1) is 0 Å². The molecule has 1 unspecified atom stereocenters. The van der Waals surface area contributed by atoms with E-state index in [-0.39, 0.29) is 0 Å². The quantitative estimate of drug-likeness (QED) is 0.591. The van der Waals surface area contributed by atoms with E-state index in [4.69, 9.17) is 4.74 Å². The Balaban J connectivity index is 1.79. The molecule has 0 aromatic heterocycles. The third-order valence-electron chi connectivity index (χ3n) is 3.10. The van der Waals surface area contributed by atoms with Crippen LogP contribution in [-0.4, -0.2) is 17.9 Å². The first-order valence-corrected chi connectivity index (χ1v) is 8.19. The molecule has 0 fully saturated rings. The molecule has 0 heterocycles. The van der Waals surface area contributed by atoms with Crippen LogP contribution in [0.3, 0.4) is 0 Å². The molecular weight excluding hydrogens is 391 g/mol. The van der Waals surface area contributed by atoms with Crippen molar-refractivity contribution in [2.75, 3.05) is 0 Å². The van der Waals surface area contributed by atoms with E-state index in [0.717, 1.165) is 10.0 Å². The van der Waals surface area contributed by atoms with Crippen molar-refractivity contribution < 1.29 is 18.7 Å². The maximum Gasteiger partial charge on any atom is 0.279 e. The van der Waals surface area contributed by atoms with Crippen molar-refractivity contribution in [1.82, 2.24) is 10.9 Å². The lowest BCUT2D eigenvalue weighted by Crippen LogP contribution is -2.46. The summed E-state index contributed by atoms with van der Waals surface area (Å²) in [7, 11) is 0. The minimum absolute atomic E-state index is 0.352. The Bertz CT molecular complexity index is 761. The van der Waals surface area contributed by atoms with E-state index >= 15 is 0 Å². The lowest BCUT2D eigenvalue weighted by atomic mass is 10.2. The maximum atomic E-state index is 12.8. The zero-order valence-corrected chi connectivity index (χ0v) is 14.9. The van der Waals surface area contributed by atoms with Gasteiger partial charge >= 0.3 is 0 Å². The van der Waals surface area contributed by atoms with Gasteiger partial charge in [-0.05, 0) is 55.0 Å². The van der Waals surface area contributed by atoms with Gasteiger partial charge in [0, 0.05) is 10.5 Å². The Morgan fingerprint density at radius 3 is 2.36 bits per heavy atom. The molecule has 130 valence electrons. The highest BCUT2D eigenvalue weighted by atomic mass is 79.9. The van der Waals surface area contributed by atoms with E-state index in [1.807, 2.05) is 24.3 Å². The van der Waals surface area contributed by atoms with Gasteiger partial charge in [0.1, 0.15) is 11.6 Å². The molecule has 1 atom stereocenters. The van der Waals surface area contributed by atoms with Gasteiger partial charge in [-0.15, -0.1) is 0 Å². The van der Waals surface area contributed by atoms with E-state index in [9.17, 15) is 14.0 Å². The zero-order chi connectivity index (χ0) is 18.2. The summed E-state index contributed by atoms with van der Waals surface area (Å²) in [6, 6.07) is 12.7. The molecule has 0 spiro atoms. The van der Waals surface area contributed by atoms with Crippen LogP contribution in [0, 0.1) is 5.82 Å². The van der Waals surface area contributed by atoms with Gasteiger partial charge < -0.3 is 4.74 Å². The minimum Gasteiger partial charge on any atom is -0.481 e. The summed E-state index contributed by atoms with van der Waals surface area (Å²) in [6.07, 6.45) is 2.06. The van der Waals surface area contributed by atoms with Crippen molar-refractivity contribution in [3.05, 3.63) is 70.5 Å². The molecule has 2 aromatic carbocycles. The number of carbonyl (C=O) groups excluding carboxylic acids is 2. The van der Waals surface area contributed by atoms with Crippen molar-refractivity contribution >= 4 is 33.8 Å². The summed E-state index contributed by atoms with van der Waals surface area (Å²) in [5.74, 6) is -1.06. The number of nitrogens with one attached hydrogen (secondary N) is 2. The van der Waals surface area contributed by atoms with E-state index < -0.39 is 23.7 Å². The van der Waals surface area contributed by atoms with Crippen LogP contribution in [0.1, 0.15) is 12.5 Å². The van der Waals surface area contributed by atoms with Crippen LogP contribution in [0.2, 0.25) is 0 Å². The molecule has 2 N–H and O–H groups in total. The lowest BCUT2D eigenvalue weighted by Gasteiger charge is -2.14. The maximum absolute atomic E-state index is 12.8. The number of amides is 2. The van der Waals surface area contributed by atoms with Gasteiger partial charge in [-0.3, -0.25) is 20.4 Å². The number of hydrazine groups is 1. The summed E-state index contributed by atoms with van der Waals surface area (Å²) in [4.78, 5) is 23.6. The minimum atomic E-state index is -0.860. The molecular formula is C18H16BrFN2O3. The second-order valence-corrected chi connectivity index (χ2v) is 5.99. The van der Waals surface area contributed by atoms with E-state index in [0.29, 0.717) is 5.75 Å². The normalized spacial score (nSPS) is 11.8. The highest BCUT2D eigenvalue weighted by molar-refractivity contribution is 9.10. The molecule has 25 heavy (non-hydrogen) atoms. The first-order valence-electron chi connectivity index (χ1n) is 7.40. The number of carbonyl (C=O) groups is 2. The van der Waals surface area contributed by atoms with Gasteiger partial charge in [-0.1, -0.05) is 28.1 Å². The van der Waals surface area contributed by atoms with Crippen LogP contribution in [0.25, 0.3) is 6.08 Å². The number of ether oxygens (including phenoxy) is 1. The monoisotopic (exact) mass is 406 g/mol. The molecule has 0 saturated heterocycles. The highest BCUT2D eigenvalue weighted by Gasteiger charge is 2.14. The predicted molar refractivity (Wildman–Crippen MR) is 96.0 cm³/mol. The highest BCUT2D eigenvalue weighted by Crippen LogP contribution is 2.13. The number of hydrogen-bond acceptors (Lipinski definition) is 3. The van der Waals surface area contributed by atoms with Crippen LogP contribution >= 0.6 is 15.9 Å². The second-order valence-electron chi connectivity index (χ2n) is 5.08. The Hall–Kier alpha value is -2.67. The first-order chi connectivity index (χ1) is 11.9. The molecule has 5 nitrogen and oxygen atoms in total. The molecule has 0 radical (unpaired) electrons. The average molecular weight is 407 g/mol. The van der Waals surface area contributed by atoms with Gasteiger partial charge in [0.25, 0.3) is 11.8 Å². The van der Waals surface area contributed by atoms with Crippen molar-refractivity contribution in [2.45, 2.75) is 13.0 Å². The third-order valence-corrected chi connectivity index (χ3v) is 3.63. The molecule has 2 aromatic rings. The fraction of sp³-hybridized carbons (Fsp3) is 0.111. The summed E-state index contributed by atoms with van der Waals surface area (Å²) in [6.45, 7) is 1.52. The number of halogens is 2. The predicted octanol–water partition coefficient (Wildman–Crippen LogP) is 3.22. The van der Waals surface area contributed by atoms with Crippen LogP contribution in [0.15, 0.2) is 59.1 Å². The first kappa shape index (κ1) is 18.7. The van der Waals surface area contributed by atoms with Crippen molar-refractivity contribution in [1.29, 1.82) is 0 Å². The zero-order valence-electron chi connectivity index (χ0n) is 13.3. The summed E-state index contributed by atoms with van der Waals surface area (Å²) < 4.78 is 19.1. The largest absolute Gasteiger partial charge is 0.481 e. The van der Waals surface area contributed by atoms with Crippen LogP contribution in [0.4, 0.5) is 4.39 Å². The van der Waals surface area contributed by atoms with Gasteiger partial charge in [-0.2, -0.15) is 0 Å².